The molecular formula is C23H24ClN3O3S2. The summed E-state index contributed by atoms with van der Waals surface area (Å²) >= 11 is 7.48. The van der Waals surface area contributed by atoms with Crippen molar-refractivity contribution in [3.8, 4) is 0 Å². The Balaban J connectivity index is 1.33. The van der Waals surface area contributed by atoms with E-state index in [9.17, 15) is 13.2 Å². The quantitative estimate of drug-likeness (QED) is 0.450. The highest BCUT2D eigenvalue weighted by molar-refractivity contribution is 7.93. The van der Waals surface area contributed by atoms with E-state index in [1.807, 2.05) is 37.3 Å². The maximum absolute atomic E-state index is 12.7. The molecule has 0 atom stereocenters. The monoisotopic (exact) mass is 489 g/mol. The molecule has 1 fully saturated rings. The second kappa shape index (κ2) is 9.60. The minimum atomic E-state index is -3.65. The highest BCUT2D eigenvalue weighted by Crippen LogP contribution is 2.29. The van der Waals surface area contributed by atoms with E-state index >= 15 is 0 Å². The number of ketones is 1. The van der Waals surface area contributed by atoms with Gasteiger partial charge in [-0.15, -0.1) is 11.3 Å². The van der Waals surface area contributed by atoms with Gasteiger partial charge in [-0.2, -0.15) is 0 Å². The summed E-state index contributed by atoms with van der Waals surface area (Å²) < 4.78 is 27.5. The van der Waals surface area contributed by atoms with E-state index in [0.29, 0.717) is 28.1 Å². The van der Waals surface area contributed by atoms with Crippen LogP contribution in [-0.4, -0.2) is 32.3 Å². The Hall–Kier alpha value is -2.42. The van der Waals surface area contributed by atoms with Crippen LogP contribution < -0.4 is 9.62 Å². The first-order chi connectivity index (χ1) is 15.3. The largest absolute Gasteiger partial charge is 0.372 e. The van der Waals surface area contributed by atoms with Crippen molar-refractivity contribution >= 4 is 49.6 Å². The molecule has 3 aromatic rings. The topological polar surface area (TPSA) is 79.4 Å². The molecule has 1 aliphatic rings. The number of carbonyl (C=O) groups is 1. The third-order valence-corrected chi connectivity index (χ3v) is 8.17. The number of benzene rings is 2. The Morgan fingerprint density at radius 2 is 1.91 bits per heavy atom. The minimum Gasteiger partial charge on any atom is -0.372 e. The number of hydrogen-bond acceptors (Lipinski definition) is 6. The number of sulfonamides is 1. The van der Waals surface area contributed by atoms with E-state index in [0.717, 1.165) is 37.2 Å². The SMILES string of the molecule is Cc1ccc(C(=O)CC2CCN(c3ccc(S(=O)(=O)Nc4nccs4)cc3)CC2)c(Cl)c1. The average molecular weight is 490 g/mol. The van der Waals surface area contributed by atoms with E-state index < -0.39 is 10.0 Å². The minimum absolute atomic E-state index is 0.0933. The summed E-state index contributed by atoms with van der Waals surface area (Å²) in [6, 6.07) is 12.4. The highest BCUT2D eigenvalue weighted by Gasteiger charge is 2.24. The summed E-state index contributed by atoms with van der Waals surface area (Å²) in [5.74, 6) is 0.411. The van der Waals surface area contributed by atoms with E-state index in [2.05, 4.69) is 14.6 Å². The molecule has 2 aromatic carbocycles. The summed E-state index contributed by atoms with van der Waals surface area (Å²) in [4.78, 5) is 19.1. The zero-order valence-corrected chi connectivity index (χ0v) is 20.0. The number of hydrogen-bond donors (Lipinski definition) is 1. The summed E-state index contributed by atoms with van der Waals surface area (Å²) in [6.07, 6.45) is 3.86. The van der Waals surface area contributed by atoms with E-state index in [-0.39, 0.29) is 10.7 Å². The number of nitrogens with one attached hydrogen (secondary N) is 1. The summed E-state index contributed by atoms with van der Waals surface area (Å²) in [6.45, 7) is 3.60. The average Bonchev–Trinajstić information content (AvgIpc) is 3.26. The van der Waals surface area contributed by atoms with Gasteiger partial charge in [0.2, 0.25) is 0 Å². The predicted molar refractivity (Wildman–Crippen MR) is 129 cm³/mol. The zero-order valence-electron chi connectivity index (χ0n) is 17.6. The number of Topliss-reactive ketones (excluding diaryl/α,β-unsaturated/α-hetero) is 1. The molecule has 0 radical (unpaired) electrons. The number of anilines is 2. The number of aryl methyl sites for hydroxylation is 1. The molecule has 1 aromatic heterocycles. The maximum Gasteiger partial charge on any atom is 0.263 e. The first-order valence-corrected chi connectivity index (χ1v) is 13.1. The van der Waals surface area contributed by atoms with E-state index in [4.69, 9.17) is 11.6 Å². The van der Waals surface area contributed by atoms with Gasteiger partial charge >= 0.3 is 0 Å². The summed E-state index contributed by atoms with van der Waals surface area (Å²) in [7, 11) is -3.65. The third-order valence-electron chi connectivity index (χ3n) is 5.68. The fourth-order valence-corrected chi connectivity index (χ4v) is 6.03. The molecule has 2 heterocycles. The molecule has 0 unspecified atom stereocenters. The molecule has 0 saturated carbocycles. The van der Waals surface area contributed by atoms with Crippen molar-refractivity contribution in [1.29, 1.82) is 0 Å². The molecule has 0 spiro atoms. The highest BCUT2D eigenvalue weighted by atomic mass is 35.5. The predicted octanol–water partition coefficient (Wildman–Crippen LogP) is 5.40. The van der Waals surface area contributed by atoms with E-state index in [1.165, 1.54) is 11.3 Å². The molecule has 6 nitrogen and oxygen atoms in total. The van der Waals surface area contributed by atoms with Crippen molar-refractivity contribution in [3.63, 3.8) is 0 Å². The lowest BCUT2D eigenvalue weighted by Gasteiger charge is -2.33. The van der Waals surface area contributed by atoms with Gasteiger partial charge in [0.25, 0.3) is 10.0 Å². The molecule has 4 rings (SSSR count). The van der Waals surface area contributed by atoms with Gasteiger partial charge in [0.05, 0.1) is 9.92 Å². The Morgan fingerprint density at radius 3 is 2.53 bits per heavy atom. The molecule has 168 valence electrons. The molecule has 0 bridgehead atoms. The lowest BCUT2D eigenvalue weighted by Crippen LogP contribution is -2.34. The third kappa shape index (κ3) is 5.31. The zero-order chi connectivity index (χ0) is 22.7. The van der Waals surface area contributed by atoms with Gasteiger partial charge in [-0.25, -0.2) is 13.4 Å². The normalized spacial score (nSPS) is 15.0. The summed E-state index contributed by atoms with van der Waals surface area (Å²) in [5, 5.41) is 2.58. The fourth-order valence-electron chi connectivity index (χ4n) is 3.90. The van der Waals surface area contributed by atoms with Crippen LogP contribution in [0, 0.1) is 12.8 Å². The number of thiazole rings is 1. The Kier molecular flexibility index (Phi) is 6.83. The lowest BCUT2D eigenvalue weighted by molar-refractivity contribution is 0.0954. The molecule has 1 saturated heterocycles. The van der Waals surface area contributed by atoms with Crippen LogP contribution in [0.1, 0.15) is 35.2 Å². The van der Waals surface area contributed by atoms with Crippen LogP contribution in [0.25, 0.3) is 0 Å². The summed E-state index contributed by atoms with van der Waals surface area (Å²) in [5.41, 5.74) is 2.62. The Labute approximate surface area is 197 Å². The number of halogens is 1. The second-order valence-corrected chi connectivity index (χ2v) is 11.0. The Bertz CT molecular complexity index is 1190. The standard InChI is InChI=1S/C23H24ClN3O3S2/c1-16-2-7-20(21(24)14-16)22(28)15-17-8-11-27(12-9-17)18-3-5-19(6-4-18)32(29,30)26-23-25-10-13-31-23/h2-7,10,13-14,17H,8-9,11-12,15H2,1H3,(H,25,26). The van der Waals surface area contributed by atoms with Gasteiger partial charge in [-0.1, -0.05) is 17.7 Å². The molecule has 0 amide bonds. The number of rotatable bonds is 7. The van der Waals surface area contributed by atoms with Crippen molar-refractivity contribution in [2.24, 2.45) is 5.92 Å². The van der Waals surface area contributed by atoms with Crippen molar-refractivity contribution in [1.82, 2.24) is 4.98 Å². The Morgan fingerprint density at radius 1 is 1.19 bits per heavy atom. The lowest BCUT2D eigenvalue weighted by atomic mass is 9.89. The van der Waals surface area contributed by atoms with Crippen molar-refractivity contribution in [3.05, 3.63) is 70.2 Å². The number of nitrogens with zero attached hydrogens (tertiary/aromatic N) is 2. The van der Waals surface area contributed by atoms with Gasteiger partial charge in [0, 0.05) is 42.3 Å². The van der Waals surface area contributed by atoms with Crippen LogP contribution in [0.4, 0.5) is 10.8 Å². The van der Waals surface area contributed by atoms with Gasteiger partial charge in [0.15, 0.2) is 10.9 Å². The van der Waals surface area contributed by atoms with Gasteiger partial charge in [0.1, 0.15) is 0 Å². The van der Waals surface area contributed by atoms with Crippen LogP contribution in [0.15, 0.2) is 58.9 Å². The van der Waals surface area contributed by atoms with Crippen LogP contribution in [0.2, 0.25) is 5.02 Å². The van der Waals surface area contributed by atoms with Crippen LogP contribution in [0.5, 0.6) is 0 Å². The van der Waals surface area contributed by atoms with Crippen LogP contribution >= 0.6 is 22.9 Å². The van der Waals surface area contributed by atoms with E-state index in [1.54, 1.807) is 23.7 Å². The molecule has 9 heteroatoms. The van der Waals surface area contributed by atoms with Crippen molar-refractivity contribution in [2.45, 2.75) is 31.1 Å². The smallest absolute Gasteiger partial charge is 0.263 e. The number of aromatic nitrogens is 1. The first-order valence-electron chi connectivity index (χ1n) is 10.4. The number of piperidine rings is 1. The first kappa shape index (κ1) is 22.8. The fraction of sp³-hybridized carbons (Fsp3) is 0.304. The molecular weight excluding hydrogens is 466 g/mol. The molecule has 0 aliphatic carbocycles. The maximum atomic E-state index is 12.7. The van der Waals surface area contributed by atoms with Gasteiger partial charge in [-0.05, 0) is 67.6 Å². The second-order valence-electron chi connectivity index (χ2n) is 7.98. The van der Waals surface area contributed by atoms with Crippen LogP contribution in [-0.2, 0) is 10.0 Å². The van der Waals surface area contributed by atoms with Crippen molar-refractivity contribution in [2.75, 3.05) is 22.7 Å². The molecule has 32 heavy (non-hydrogen) atoms. The molecule has 1 aliphatic heterocycles. The van der Waals surface area contributed by atoms with Crippen molar-refractivity contribution < 1.29 is 13.2 Å². The molecule has 1 N–H and O–H groups in total. The van der Waals surface area contributed by atoms with Gasteiger partial charge in [-0.3, -0.25) is 9.52 Å². The number of carbonyl (C=O) groups excluding carboxylic acids is 1. The van der Waals surface area contributed by atoms with Gasteiger partial charge < -0.3 is 4.90 Å². The van der Waals surface area contributed by atoms with Crippen LogP contribution in [0.3, 0.4) is 0 Å².